The average Bonchev–Trinajstić information content (AvgIpc) is 3.56. The molecule has 0 amide bonds. The van der Waals surface area contributed by atoms with Crippen molar-refractivity contribution in [1.29, 1.82) is 0 Å². The van der Waals surface area contributed by atoms with E-state index in [4.69, 9.17) is 44.2 Å². The van der Waals surface area contributed by atoms with Gasteiger partial charge >= 0.3 is 5.97 Å². The lowest BCUT2D eigenvalue weighted by atomic mass is 9.90. The Kier molecular flexibility index (Phi) is 5.73. The van der Waals surface area contributed by atoms with Gasteiger partial charge in [-0.25, -0.2) is 8.42 Å². The van der Waals surface area contributed by atoms with Gasteiger partial charge in [0.05, 0.1) is 62.9 Å². The first-order valence-corrected chi connectivity index (χ1v) is 14.0. The van der Waals surface area contributed by atoms with E-state index in [2.05, 4.69) is 0 Å². The minimum atomic E-state index is -5.23. The number of fused-ring (bicyclic) bond motifs is 1. The molecule has 0 spiro atoms. The van der Waals surface area contributed by atoms with Crippen LogP contribution in [-0.2, 0) is 35.4 Å². The number of sulfonamides is 1. The number of rotatable bonds is 14. The molecule has 0 bridgehead atoms. The van der Waals surface area contributed by atoms with Gasteiger partial charge in [0.25, 0.3) is 0 Å². The SMILES string of the molecule is [2H]C([2H])([2H])Oc1ccc(C[C@H](CC(=O)O[C@]2([2H])[C@@H]3CCO[C@@H]3OC2([2H])[2H])[C@H](O)CN(C([2H])([2H])C([2H])(C)C([2H])([2H])[2H])S(=O)(=O)c2ccc(OC([2H])([2H])[2H])cc2)cc1. The zero-order valence-electron chi connectivity index (χ0n) is 37.0. The Morgan fingerprint density at radius 2 is 1.88 bits per heavy atom. The van der Waals surface area contributed by atoms with E-state index < -0.39 is 104 Å². The zero-order valence-corrected chi connectivity index (χ0v) is 22.8. The molecule has 6 atom stereocenters. The molecule has 1 unspecified atom stereocenters. The summed E-state index contributed by atoms with van der Waals surface area (Å²) in [6, 6.07) is 8.77. The van der Waals surface area contributed by atoms with E-state index in [0.717, 1.165) is 24.3 Å². The van der Waals surface area contributed by atoms with E-state index in [1.165, 1.54) is 24.3 Å². The normalized spacial score (nSPS) is 33.1. The van der Waals surface area contributed by atoms with Gasteiger partial charge in [-0.15, -0.1) is 0 Å². The fourth-order valence-electron chi connectivity index (χ4n) is 4.46. The highest BCUT2D eigenvalue weighted by Crippen LogP contribution is 2.33. The van der Waals surface area contributed by atoms with Crippen LogP contribution in [0.1, 0.15) is 52.7 Å². The van der Waals surface area contributed by atoms with Crippen molar-refractivity contribution in [2.75, 3.05) is 40.3 Å². The predicted octanol–water partition coefficient (Wildman–Crippen LogP) is 3.27. The smallest absolute Gasteiger partial charge is 0.306 e. The van der Waals surface area contributed by atoms with Crippen LogP contribution in [0.4, 0.5) is 0 Å². The van der Waals surface area contributed by atoms with E-state index >= 15 is 0 Å². The second-order valence-electron chi connectivity index (χ2n) is 9.52. The summed E-state index contributed by atoms with van der Waals surface area (Å²) in [5.74, 6) is -7.36. The number of carbonyl (C=O) groups excluding carboxylic acids is 1. The Morgan fingerprint density at radius 1 is 1.20 bits per heavy atom. The largest absolute Gasteiger partial charge is 0.497 e. The summed E-state index contributed by atoms with van der Waals surface area (Å²) in [6.45, 7) is -10.5. The number of benzene rings is 2. The maximum absolute atomic E-state index is 14.2. The van der Waals surface area contributed by atoms with Crippen molar-refractivity contribution >= 4 is 16.0 Å². The lowest BCUT2D eigenvalue weighted by Gasteiger charge is -2.30. The first-order valence-electron chi connectivity index (χ1n) is 20.1. The molecule has 0 saturated carbocycles. The van der Waals surface area contributed by atoms with E-state index in [1.54, 1.807) is 0 Å². The van der Waals surface area contributed by atoms with Crippen LogP contribution in [-0.4, -0.2) is 82.6 Å². The maximum atomic E-state index is 14.2. The van der Waals surface area contributed by atoms with Gasteiger partial charge in [-0.3, -0.25) is 4.79 Å². The fourth-order valence-corrected chi connectivity index (χ4v) is 5.80. The molecule has 11 heteroatoms. The van der Waals surface area contributed by atoms with Gasteiger partial charge in [0.1, 0.15) is 17.6 Å². The highest BCUT2D eigenvalue weighted by atomic mass is 32.2. The fraction of sp³-hybridized carbons (Fsp3) is 0.567. The van der Waals surface area contributed by atoms with Crippen LogP contribution in [0.15, 0.2) is 53.4 Å². The van der Waals surface area contributed by atoms with Gasteiger partial charge < -0.3 is 28.8 Å². The second kappa shape index (κ2) is 14.0. The number of carbonyl (C=O) groups is 1. The number of ether oxygens (including phenoxy) is 5. The minimum Gasteiger partial charge on any atom is -0.497 e. The van der Waals surface area contributed by atoms with Crippen molar-refractivity contribution in [3.63, 3.8) is 0 Å². The van der Waals surface area contributed by atoms with Crippen LogP contribution in [0.2, 0.25) is 0 Å². The van der Waals surface area contributed by atoms with Gasteiger partial charge in [0, 0.05) is 27.2 Å². The van der Waals surface area contributed by atoms with Crippen molar-refractivity contribution in [1.82, 2.24) is 4.31 Å². The zero-order chi connectivity index (χ0) is 42.5. The van der Waals surface area contributed by atoms with Crippen molar-refractivity contribution < 1.29 is 62.6 Å². The highest BCUT2D eigenvalue weighted by Gasteiger charge is 2.44. The van der Waals surface area contributed by atoms with Gasteiger partial charge in [0.15, 0.2) is 6.29 Å². The number of aliphatic hydroxyl groups is 1. The number of hydrogen-bond acceptors (Lipinski definition) is 9. The first-order chi connectivity index (χ1) is 25.3. The molecular formula is C30H41NO9S. The quantitative estimate of drug-likeness (QED) is 0.323. The standard InChI is InChI=1S/C30H41NO9S/c1-20(2)17-31(41(34,35)25-11-9-24(37-4)10-12-25)18-27(32)22(15-21-5-7-23(36-3)8-6-21)16-29(33)40-28-19-39-30-26(28)13-14-38-30/h5-12,20,22,26-28,30,32H,13-19H2,1-4H3/t22-,26+,27-,28+,30-/m1/s1/i1D3,3D3,4D3,17D2,19D2,20D,28D/t20?,22-,26+,27-,28+,30-. The van der Waals surface area contributed by atoms with Crippen molar-refractivity contribution in [3.8, 4) is 11.5 Å². The third kappa shape index (κ3) is 7.98. The Balaban J connectivity index is 1.74. The molecule has 0 radical (unpaired) electrons. The Morgan fingerprint density at radius 3 is 2.54 bits per heavy atom. The third-order valence-corrected chi connectivity index (χ3v) is 8.25. The molecule has 2 aromatic rings. The minimum absolute atomic E-state index is 0.0505. The summed E-state index contributed by atoms with van der Waals surface area (Å²) in [7, 11) is -10.9. The monoisotopic (exact) mass is 606 g/mol. The van der Waals surface area contributed by atoms with Crippen molar-refractivity contribution in [2.24, 2.45) is 17.7 Å². The van der Waals surface area contributed by atoms with Crippen LogP contribution in [0.25, 0.3) is 0 Å². The van der Waals surface area contributed by atoms with E-state index in [9.17, 15) is 18.3 Å². The van der Waals surface area contributed by atoms with Gasteiger partial charge in [0.2, 0.25) is 10.0 Å². The molecule has 1 N–H and O–H groups in total. The van der Waals surface area contributed by atoms with Crippen LogP contribution < -0.4 is 9.47 Å². The molecule has 2 saturated heterocycles. The second-order valence-corrected chi connectivity index (χ2v) is 11.4. The number of hydrogen-bond donors (Lipinski definition) is 1. The molecule has 2 aromatic carbocycles. The average molecular weight is 607 g/mol. The molecule has 2 heterocycles. The molecule has 2 fully saturated rings. The molecule has 0 aliphatic carbocycles. The number of methoxy groups -OCH3 is 2. The summed E-state index contributed by atoms with van der Waals surface area (Å²) < 4.78 is 173. The molecule has 41 heavy (non-hydrogen) atoms. The summed E-state index contributed by atoms with van der Waals surface area (Å²) in [6.07, 6.45) is -7.01. The number of nitrogens with zero attached hydrogens (tertiary/aromatic N) is 1. The van der Waals surface area contributed by atoms with E-state index in [-0.39, 0.29) is 35.3 Å². The lowest BCUT2D eigenvalue weighted by molar-refractivity contribution is -0.153. The van der Waals surface area contributed by atoms with Gasteiger partial charge in [-0.2, -0.15) is 4.31 Å². The van der Waals surface area contributed by atoms with Crippen molar-refractivity contribution in [3.05, 3.63) is 54.1 Å². The number of esters is 1. The molecule has 2 aliphatic heterocycles. The Labute approximate surface area is 263 Å². The molecular weight excluding hydrogens is 550 g/mol. The summed E-state index contributed by atoms with van der Waals surface area (Å²) in [5.41, 5.74) is 0.291. The molecule has 4 rings (SSSR count). The summed E-state index contributed by atoms with van der Waals surface area (Å²) in [4.78, 5) is 12.8. The van der Waals surface area contributed by atoms with E-state index in [0.29, 0.717) is 12.5 Å². The maximum Gasteiger partial charge on any atom is 0.306 e. The molecule has 226 valence electrons. The molecule has 10 nitrogen and oxygen atoms in total. The topological polar surface area (TPSA) is 121 Å². The van der Waals surface area contributed by atoms with Gasteiger partial charge in [-0.1, -0.05) is 25.9 Å². The predicted molar refractivity (Wildman–Crippen MR) is 151 cm³/mol. The highest BCUT2D eigenvalue weighted by molar-refractivity contribution is 7.89. The van der Waals surface area contributed by atoms with Crippen LogP contribution in [0.3, 0.4) is 0 Å². The van der Waals surface area contributed by atoms with Gasteiger partial charge in [-0.05, 0) is 60.7 Å². The number of aliphatic hydroxyl groups excluding tert-OH is 1. The van der Waals surface area contributed by atoms with Crippen LogP contribution >= 0.6 is 0 Å². The molecule has 0 aromatic heterocycles. The van der Waals surface area contributed by atoms with Crippen LogP contribution in [0, 0.1) is 17.7 Å². The Bertz CT molecular complexity index is 1800. The van der Waals surface area contributed by atoms with Crippen molar-refractivity contribution in [2.45, 2.75) is 56.4 Å². The summed E-state index contributed by atoms with van der Waals surface area (Å²) in [5, 5.41) is 11.8. The third-order valence-electron chi connectivity index (χ3n) is 6.56. The lowest BCUT2D eigenvalue weighted by Crippen LogP contribution is -2.43. The van der Waals surface area contributed by atoms with Crippen LogP contribution in [0.5, 0.6) is 11.5 Å². The first kappa shape index (κ1) is 16.8. The Hall–Kier alpha value is -2.70. The van der Waals surface area contributed by atoms with E-state index in [1.807, 2.05) is 0 Å². The summed E-state index contributed by atoms with van der Waals surface area (Å²) >= 11 is 0. The molecule has 2 aliphatic rings.